The van der Waals surface area contributed by atoms with Gasteiger partial charge in [-0.25, -0.2) is 9.37 Å². The maximum atomic E-state index is 14.6. The second-order valence-corrected chi connectivity index (χ2v) is 16.4. The zero-order valence-corrected chi connectivity index (χ0v) is 31.9. The van der Waals surface area contributed by atoms with E-state index in [1.54, 1.807) is 47.1 Å². The van der Waals surface area contributed by atoms with Crippen LogP contribution in [0.1, 0.15) is 90.9 Å². The highest BCUT2D eigenvalue weighted by Crippen LogP contribution is 2.40. The zero-order chi connectivity index (χ0) is 38.4. The molecule has 4 amide bonds. The number of aliphatic hydroxyl groups excluding tert-OH is 1. The highest BCUT2D eigenvalue weighted by atomic mass is 32.1. The number of carbonyl (C=O) groups is 5. The minimum atomic E-state index is -2.00. The molecule has 2 fully saturated rings. The molecule has 0 spiro atoms. The van der Waals surface area contributed by atoms with Gasteiger partial charge < -0.3 is 35.4 Å². The summed E-state index contributed by atoms with van der Waals surface area (Å²) in [5.74, 6) is -2.81. The van der Waals surface area contributed by atoms with Crippen LogP contribution < -0.4 is 16.0 Å². The second kappa shape index (κ2) is 16.8. The number of nitrogens with one attached hydrogen (secondary N) is 3. The molecule has 4 atom stereocenters. The van der Waals surface area contributed by atoms with Crippen LogP contribution in [0.5, 0.6) is 0 Å². The second-order valence-electron chi connectivity index (χ2n) is 15.6. The van der Waals surface area contributed by atoms with Crippen LogP contribution in [-0.2, 0) is 33.4 Å². The molecule has 52 heavy (non-hydrogen) atoms. The van der Waals surface area contributed by atoms with E-state index in [-0.39, 0.29) is 70.3 Å². The summed E-state index contributed by atoms with van der Waals surface area (Å²) in [6.45, 7) is 12.7. The average Bonchev–Trinajstić information content (AvgIpc) is 3.46. The Kier molecular flexibility index (Phi) is 13.2. The number of nitrogens with zero attached hydrogens (tertiary/aromatic N) is 2. The summed E-state index contributed by atoms with van der Waals surface area (Å²) in [7, 11) is 0. The molecule has 1 aromatic carbocycles. The van der Waals surface area contributed by atoms with Crippen LogP contribution in [0.15, 0.2) is 29.8 Å². The number of likely N-dealkylation sites (tertiary alicyclic amines) is 1. The number of esters is 1. The molecule has 13 nitrogen and oxygen atoms in total. The van der Waals surface area contributed by atoms with Crippen LogP contribution >= 0.6 is 11.3 Å². The van der Waals surface area contributed by atoms with Crippen molar-refractivity contribution in [1.82, 2.24) is 25.8 Å². The molecular formula is C37H52FN5O8S. The van der Waals surface area contributed by atoms with Gasteiger partial charge in [0.05, 0.1) is 54.3 Å². The summed E-state index contributed by atoms with van der Waals surface area (Å²) in [4.78, 5) is 72.1. The molecule has 4 rings (SSSR count). The maximum Gasteiger partial charge on any atom is 0.308 e. The fraction of sp³-hybridized carbons (Fsp3) is 0.622. The summed E-state index contributed by atoms with van der Waals surface area (Å²) >= 11 is 1.50. The minimum absolute atomic E-state index is 0.0570. The van der Waals surface area contributed by atoms with Crippen LogP contribution in [0, 0.1) is 12.3 Å². The Labute approximate surface area is 308 Å². The van der Waals surface area contributed by atoms with E-state index in [1.807, 2.05) is 31.2 Å². The monoisotopic (exact) mass is 745 g/mol. The van der Waals surface area contributed by atoms with Crippen molar-refractivity contribution in [2.45, 2.75) is 116 Å². The Morgan fingerprint density at radius 1 is 1.06 bits per heavy atom. The highest BCUT2D eigenvalue weighted by molar-refractivity contribution is 7.13. The number of ether oxygens (including phenoxy) is 2. The van der Waals surface area contributed by atoms with Crippen LogP contribution in [-0.4, -0.2) is 100 Å². The Balaban J connectivity index is 1.45. The molecule has 1 aliphatic heterocycles. The SMILES string of the molecule is Cc1ncsc1-c1ccc([C@H](CC(=O)NCCOCCC(=O)OC(C)(C)C)NC(=O)[C@@H]2C[C@@H](O)CN2C(=O)[C@@H](NC(=O)C2(F)CC2)C(C)(C)C)cc1. The highest BCUT2D eigenvalue weighted by Gasteiger charge is 2.53. The summed E-state index contributed by atoms with van der Waals surface area (Å²) in [5.41, 5.74) is 0.775. The standard InChI is InChI=1S/C37H52FN5O8S/c1-22-30(52-21-40-22)24-10-8-23(9-11-24)26(19-28(45)39-15-17-50-16-12-29(46)51-36(5,6)7)41-32(47)27-18-25(44)20-43(27)33(48)31(35(2,3)4)42-34(49)37(38)13-14-37/h8-11,21,25-27,31,44H,12-20H2,1-7H3,(H,39,45)(H,41,47)(H,42,49)/t25-,26+,27+,31-/m1/s1. The number of benzene rings is 1. The molecule has 15 heteroatoms. The number of aryl methyl sites for hydroxylation is 1. The third-order valence-corrected chi connectivity index (χ3v) is 9.79. The number of halogens is 1. The molecular weight excluding hydrogens is 693 g/mol. The van der Waals surface area contributed by atoms with Crippen molar-refractivity contribution >= 4 is 40.9 Å². The Bertz CT molecular complexity index is 1600. The van der Waals surface area contributed by atoms with Gasteiger partial charge in [0.2, 0.25) is 17.7 Å². The van der Waals surface area contributed by atoms with Gasteiger partial charge in [0, 0.05) is 19.5 Å². The van der Waals surface area contributed by atoms with Crippen molar-refractivity contribution in [1.29, 1.82) is 0 Å². The topological polar surface area (TPSA) is 176 Å². The molecule has 2 aromatic rings. The largest absolute Gasteiger partial charge is 0.460 e. The summed E-state index contributed by atoms with van der Waals surface area (Å²) < 4.78 is 25.3. The van der Waals surface area contributed by atoms with Crippen LogP contribution in [0.4, 0.5) is 4.39 Å². The number of carbonyl (C=O) groups excluding carboxylic acids is 5. The van der Waals surface area contributed by atoms with Crippen molar-refractivity contribution in [3.63, 3.8) is 0 Å². The number of amides is 4. The normalized spacial score (nSPS) is 19.4. The molecule has 2 heterocycles. The van der Waals surface area contributed by atoms with Gasteiger partial charge in [-0.1, -0.05) is 45.0 Å². The molecule has 1 saturated carbocycles. The van der Waals surface area contributed by atoms with Gasteiger partial charge >= 0.3 is 5.97 Å². The van der Waals surface area contributed by atoms with E-state index in [1.165, 1.54) is 16.2 Å². The van der Waals surface area contributed by atoms with Gasteiger partial charge in [-0.15, -0.1) is 11.3 Å². The number of β-amino-alcohol motifs (C(OH)–C–C–N with tert-alkyl or cyclic N) is 1. The lowest BCUT2D eigenvalue weighted by atomic mass is 9.85. The first kappa shape index (κ1) is 40.8. The smallest absolute Gasteiger partial charge is 0.308 e. The summed E-state index contributed by atoms with van der Waals surface area (Å²) in [6.07, 6.45) is -0.975. The van der Waals surface area contributed by atoms with E-state index in [9.17, 15) is 33.5 Å². The Hall–Kier alpha value is -3.95. The minimum Gasteiger partial charge on any atom is -0.460 e. The molecule has 286 valence electrons. The van der Waals surface area contributed by atoms with E-state index >= 15 is 0 Å². The number of hydrogen-bond donors (Lipinski definition) is 4. The van der Waals surface area contributed by atoms with E-state index in [0.29, 0.717) is 5.56 Å². The number of thiazole rings is 1. The van der Waals surface area contributed by atoms with Crippen molar-refractivity contribution in [3.05, 3.63) is 41.0 Å². The van der Waals surface area contributed by atoms with Gasteiger partial charge in [0.25, 0.3) is 5.91 Å². The first-order chi connectivity index (χ1) is 24.3. The molecule has 1 saturated heterocycles. The van der Waals surface area contributed by atoms with E-state index < -0.39 is 58.6 Å². The van der Waals surface area contributed by atoms with Crippen LogP contribution in [0.3, 0.4) is 0 Å². The van der Waals surface area contributed by atoms with E-state index in [4.69, 9.17) is 9.47 Å². The first-order valence-corrected chi connectivity index (χ1v) is 18.5. The predicted molar refractivity (Wildman–Crippen MR) is 193 cm³/mol. The molecule has 1 aliphatic carbocycles. The maximum absolute atomic E-state index is 14.6. The van der Waals surface area contributed by atoms with Crippen molar-refractivity contribution in [2.75, 3.05) is 26.3 Å². The van der Waals surface area contributed by atoms with Gasteiger partial charge in [-0.05, 0) is 57.1 Å². The Morgan fingerprint density at radius 3 is 2.31 bits per heavy atom. The number of aromatic nitrogens is 1. The van der Waals surface area contributed by atoms with Crippen molar-refractivity contribution < 1.29 is 42.9 Å². The molecule has 0 unspecified atom stereocenters. The number of alkyl halides is 1. The summed E-state index contributed by atoms with van der Waals surface area (Å²) in [5, 5.41) is 18.9. The van der Waals surface area contributed by atoms with Gasteiger partial charge in [0.15, 0.2) is 5.67 Å². The number of aliphatic hydroxyl groups is 1. The first-order valence-electron chi connectivity index (χ1n) is 17.6. The number of hydrogen-bond acceptors (Lipinski definition) is 10. The lowest BCUT2D eigenvalue weighted by Gasteiger charge is -2.36. The number of rotatable bonds is 15. The molecule has 2 aliphatic rings. The Morgan fingerprint density at radius 2 is 1.73 bits per heavy atom. The third kappa shape index (κ3) is 11.3. The lowest BCUT2D eigenvalue weighted by molar-refractivity contribution is -0.156. The molecule has 0 bridgehead atoms. The van der Waals surface area contributed by atoms with Gasteiger partial charge in [-0.2, -0.15) is 0 Å². The zero-order valence-electron chi connectivity index (χ0n) is 31.0. The van der Waals surface area contributed by atoms with E-state index in [0.717, 1.165) is 16.1 Å². The predicted octanol–water partition coefficient (Wildman–Crippen LogP) is 3.53. The quantitative estimate of drug-likeness (QED) is 0.157. The summed E-state index contributed by atoms with van der Waals surface area (Å²) in [6, 6.07) is 4.33. The van der Waals surface area contributed by atoms with Gasteiger partial charge in [0.1, 0.15) is 17.7 Å². The lowest BCUT2D eigenvalue weighted by Crippen LogP contribution is -2.59. The fourth-order valence-corrected chi connectivity index (χ4v) is 6.67. The average molecular weight is 746 g/mol. The van der Waals surface area contributed by atoms with E-state index in [2.05, 4.69) is 20.9 Å². The van der Waals surface area contributed by atoms with Crippen LogP contribution in [0.2, 0.25) is 0 Å². The van der Waals surface area contributed by atoms with Crippen LogP contribution in [0.25, 0.3) is 10.4 Å². The molecule has 4 N–H and O–H groups in total. The van der Waals surface area contributed by atoms with Crippen molar-refractivity contribution in [2.24, 2.45) is 5.41 Å². The fourth-order valence-electron chi connectivity index (χ4n) is 5.85. The third-order valence-electron chi connectivity index (χ3n) is 8.81. The molecule has 1 aromatic heterocycles. The van der Waals surface area contributed by atoms with Crippen molar-refractivity contribution in [3.8, 4) is 10.4 Å². The molecule has 0 radical (unpaired) electrons. The van der Waals surface area contributed by atoms with Gasteiger partial charge in [-0.3, -0.25) is 24.0 Å².